The van der Waals surface area contributed by atoms with Crippen LogP contribution in [0, 0.1) is 0 Å². The Balaban J connectivity index is 0.000000364. The highest BCUT2D eigenvalue weighted by atomic mass is 32.2. The average molecular weight is 219 g/mol. The third kappa shape index (κ3) is 5.98. The van der Waals surface area contributed by atoms with Gasteiger partial charge in [0.25, 0.3) is 10.1 Å². The Hall–Kier alpha value is -1.60. The van der Waals surface area contributed by atoms with E-state index in [0.29, 0.717) is 0 Å². The minimum Gasteiger partial charge on any atom is -0.465 e. The van der Waals surface area contributed by atoms with E-state index in [2.05, 4.69) is 5.73 Å². The van der Waals surface area contributed by atoms with E-state index in [9.17, 15) is 8.42 Å². The monoisotopic (exact) mass is 219 g/mol. The van der Waals surface area contributed by atoms with Gasteiger partial charge in [0.05, 0.1) is 4.90 Å². The SMILES string of the molecule is NC(=O)O.O=S(=O)(O)c1ccccc1. The van der Waals surface area contributed by atoms with Crippen LogP contribution in [0.3, 0.4) is 0 Å². The van der Waals surface area contributed by atoms with E-state index in [1.807, 2.05) is 0 Å². The average Bonchev–Trinajstić information content (AvgIpc) is 2.03. The molecule has 0 atom stereocenters. The fourth-order valence-corrected chi connectivity index (χ4v) is 1.09. The molecule has 0 fully saturated rings. The summed E-state index contributed by atoms with van der Waals surface area (Å²) in [4.78, 5) is 8.70. The van der Waals surface area contributed by atoms with Gasteiger partial charge >= 0.3 is 6.09 Å². The second-order valence-electron chi connectivity index (χ2n) is 2.13. The van der Waals surface area contributed by atoms with E-state index in [4.69, 9.17) is 14.5 Å². The van der Waals surface area contributed by atoms with Crippen LogP contribution in [0.2, 0.25) is 0 Å². The number of hydrogen-bond acceptors (Lipinski definition) is 3. The molecule has 0 saturated heterocycles. The molecule has 7 heteroatoms. The number of carboxylic acid groups (broad SMARTS) is 1. The normalized spacial score (nSPS) is 9.79. The van der Waals surface area contributed by atoms with Gasteiger partial charge < -0.3 is 10.8 Å². The number of carbonyl (C=O) groups is 1. The van der Waals surface area contributed by atoms with Gasteiger partial charge in [0.1, 0.15) is 0 Å². The number of nitrogens with two attached hydrogens (primary N) is 1. The van der Waals surface area contributed by atoms with Crippen LogP contribution in [0.1, 0.15) is 0 Å². The first-order chi connectivity index (χ1) is 6.34. The van der Waals surface area contributed by atoms with Gasteiger partial charge in [-0.15, -0.1) is 0 Å². The Bertz CT molecular complexity index is 382. The van der Waals surface area contributed by atoms with E-state index < -0.39 is 16.2 Å². The highest BCUT2D eigenvalue weighted by Gasteiger charge is 2.05. The Kier molecular flexibility index (Phi) is 4.60. The molecule has 0 bridgehead atoms. The summed E-state index contributed by atoms with van der Waals surface area (Å²) >= 11 is 0. The Labute approximate surface area is 80.7 Å². The molecule has 0 saturated carbocycles. The van der Waals surface area contributed by atoms with Crippen molar-refractivity contribution in [1.29, 1.82) is 0 Å². The maximum absolute atomic E-state index is 10.4. The summed E-state index contributed by atoms with van der Waals surface area (Å²) in [6.45, 7) is 0. The fourth-order valence-electron chi connectivity index (χ4n) is 0.592. The van der Waals surface area contributed by atoms with Crippen molar-refractivity contribution >= 4 is 16.2 Å². The quantitative estimate of drug-likeness (QED) is 0.596. The van der Waals surface area contributed by atoms with Crippen molar-refractivity contribution in [1.82, 2.24) is 0 Å². The molecule has 0 aromatic heterocycles. The number of hydrogen-bond donors (Lipinski definition) is 3. The smallest absolute Gasteiger partial charge is 0.402 e. The minimum atomic E-state index is -4.00. The summed E-state index contributed by atoms with van der Waals surface area (Å²) in [6.07, 6.45) is -1.33. The van der Waals surface area contributed by atoms with Gasteiger partial charge in [0.15, 0.2) is 0 Å². The molecule has 1 rings (SSSR count). The molecule has 0 aliphatic rings. The first-order valence-corrected chi connectivity index (χ1v) is 4.79. The summed E-state index contributed by atoms with van der Waals surface area (Å²) in [5, 5.41) is 7.19. The van der Waals surface area contributed by atoms with Crippen LogP contribution >= 0.6 is 0 Å². The van der Waals surface area contributed by atoms with Crippen LogP contribution in [0.25, 0.3) is 0 Å². The summed E-state index contributed by atoms with van der Waals surface area (Å²) in [6, 6.07) is 7.42. The highest BCUT2D eigenvalue weighted by Crippen LogP contribution is 2.05. The minimum absolute atomic E-state index is 0.0741. The van der Waals surface area contributed by atoms with E-state index >= 15 is 0 Å². The zero-order valence-corrected chi connectivity index (χ0v) is 7.81. The molecule has 1 aromatic carbocycles. The molecule has 0 aliphatic carbocycles. The van der Waals surface area contributed by atoms with Crippen molar-refractivity contribution in [2.45, 2.75) is 4.90 Å². The van der Waals surface area contributed by atoms with Crippen LogP contribution in [0.4, 0.5) is 4.79 Å². The molecular weight excluding hydrogens is 210 g/mol. The van der Waals surface area contributed by atoms with Crippen LogP contribution in [-0.2, 0) is 10.1 Å². The lowest BCUT2D eigenvalue weighted by Crippen LogP contribution is -2.03. The van der Waals surface area contributed by atoms with Crippen LogP contribution < -0.4 is 5.73 Å². The molecule has 0 unspecified atom stereocenters. The zero-order valence-electron chi connectivity index (χ0n) is 6.99. The maximum Gasteiger partial charge on any atom is 0.402 e. The largest absolute Gasteiger partial charge is 0.465 e. The molecule has 6 nitrogen and oxygen atoms in total. The second kappa shape index (κ2) is 5.20. The third-order valence-electron chi connectivity index (χ3n) is 1.04. The Morgan fingerprint density at radius 3 is 1.79 bits per heavy atom. The van der Waals surface area contributed by atoms with Gasteiger partial charge in [-0.1, -0.05) is 18.2 Å². The lowest BCUT2D eigenvalue weighted by atomic mass is 10.4. The van der Waals surface area contributed by atoms with Crippen LogP contribution in [-0.4, -0.2) is 24.2 Å². The standard InChI is InChI=1S/C6H6O3S.CH3NO2/c7-10(8,9)6-4-2-1-3-5-6;2-1(3)4/h1-5H,(H,7,8,9);2H2,(H,3,4). The van der Waals surface area contributed by atoms with Gasteiger partial charge in [-0.05, 0) is 12.1 Å². The number of primary amides is 1. The molecule has 4 N–H and O–H groups in total. The van der Waals surface area contributed by atoms with Crippen molar-refractivity contribution in [3.63, 3.8) is 0 Å². The van der Waals surface area contributed by atoms with Gasteiger partial charge in [0.2, 0.25) is 0 Å². The summed E-state index contributed by atoms with van der Waals surface area (Å²) in [5.41, 5.74) is 4.03. The Morgan fingerprint density at radius 1 is 1.21 bits per heavy atom. The Morgan fingerprint density at radius 2 is 1.57 bits per heavy atom. The lowest BCUT2D eigenvalue weighted by molar-refractivity contribution is 0.205. The highest BCUT2D eigenvalue weighted by molar-refractivity contribution is 7.85. The predicted molar refractivity (Wildman–Crippen MR) is 48.5 cm³/mol. The molecule has 0 radical (unpaired) electrons. The third-order valence-corrected chi connectivity index (χ3v) is 1.91. The van der Waals surface area contributed by atoms with Crippen molar-refractivity contribution in [2.24, 2.45) is 5.73 Å². The van der Waals surface area contributed by atoms with E-state index in [0.717, 1.165) is 0 Å². The molecule has 1 aromatic rings. The molecule has 1 amide bonds. The van der Waals surface area contributed by atoms with Crippen LogP contribution in [0.15, 0.2) is 35.2 Å². The van der Waals surface area contributed by atoms with E-state index in [-0.39, 0.29) is 4.90 Å². The molecular formula is C7H9NO5S. The van der Waals surface area contributed by atoms with E-state index in [1.165, 1.54) is 12.1 Å². The number of amides is 1. The first-order valence-electron chi connectivity index (χ1n) is 3.35. The summed E-state index contributed by atoms with van der Waals surface area (Å²) in [5.74, 6) is 0. The topological polar surface area (TPSA) is 118 Å². The first kappa shape index (κ1) is 12.4. The van der Waals surface area contributed by atoms with Gasteiger partial charge in [-0.25, -0.2) is 4.79 Å². The number of rotatable bonds is 1. The molecule has 78 valence electrons. The molecule has 0 spiro atoms. The summed E-state index contributed by atoms with van der Waals surface area (Å²) < 4.78 is 29.2. The van der Waals surface area contributed by atoms with Crippen molar-refractivity contribution in [3.05, 3.63) is 30.3 Å². The molecule has 14 heavy (non-hydrogen) atoms. The second-order valence-corrected chi connectivity index (χ2v) is 3.55. The van der Waals surface area contributed by atoms with E-state index in [1.54, 1.807) is 18.2 Å². The van der Waals surface area contributed by atoms with Crippen molar-refractivity contribution in [2.75, 3.05) is 0 Å². The van der Waals surface area contributed by atoms with Gasteiger partial charge in [-0.3, -0.25) is 4.55 Å². The lowest BCUT2D eigenvalue weighted by Gasteiger charge is -1.92. The fraction of sp³-hybridized carbons (Fsp3) is 0. The summed E-state index contributed by atoms with van der Waals surface area (Å²) in [7, 11) is -4.00. The molecule has 0 heterocycles. The van der Waals surface area contributed by atoms with Gasteiger partial charge in [0, 0.05) is 0 Å². The zero-order chi connectivity index (χ0) is 11.2. The van der Waals surface area contributed by atoms with Gasteiger partial charge in [-0.2, -0.15) is 8.42 Å². The predicted octanol–water partition coefficient (Wildman–Crippen LogP) is 0.556. The number of benzene rings is 1. The van der Waals surface area contributed by atoms with Crippen LogP contribution in [0.5, 0.6) is 0 Å². The molecule has 0 aliphatic heterocycles. The van der Waals surface area contributed by atoms with Crippen molar-refractivity contribution < 1.29 is 22.9 Å². The maximum atomic E-state index is 10.4. The van der Waals surface area contributed by atoms with Crippen molar-refractivity contribution in [3.8, 4) is 0 Å².